The SMILES string of the molecule is CNc1cc(C(=O)NCCC(N)=O)nc2ccccc12. The van der Waals surface area contributed by atoms with Gasteiger partial charge >= 0.3 is 0 Å². The van der Waals surface area contributed by atoms with Crippen LogP contribution in [0.5, 0.6) is 0 Å². The Morgan fingerprint density at radius 3 is 2.75 bits per heavy atom. The van der Waals surface area contributed by atoms with E-state index in [0.29, 0.717) is 5.69 Å². The topological polar surface area (TPSA) is 97.1 Å². The molecule has 0 fully saturated rings. The lowest BCUT2D eigenvalue weighted by Crippen LogP contribution is -2.28. The molecule has 1 aromatic carbocycles. The Morgan fingerprint density at radius 2 is 2.05 bits per heavy atom. The second kappa shape index (κ2) is 6.01. The molecule has 0 aliphatic heterocycles. The zero-order chi connectivity index (χ0) is 14.5. The lowest BCUT2D eigenvalue weighted by atomic mass is 10.1. The number of benzene rings is 1. The van der Waals surface area contributed by atoms with Crippen molar-refractivity contribution in [3.05, 3.63) is 36.0 Å². The fourth-order valence-corrected chi connectivity index (χ4v) is 1.89. The predicted octanol–water partition coefficient (Wildman–Crippen LogP) is 0.882. The van der Waals surface area contributed by atoms with Gasteiger partial charge in [-0.15, -0.1) is 0 Å². The minimum absolute atomic E-state index is 0.109. The van der Waals surface area contributed by atoms with Crippen LogP contribution in [0.15, 0.2) is 30.3 Å². The normalized spacial score (nSPS) is 10.2. The zero-order valence-electron chi connectivity index (χ0n) is 11.1. The van der Waals surface area contributed by atoms with Crippen molar-refractivity contribution in [2.45, 2.75) is 6.42 Å². The van der Waals surface area contributed by atoms with Crippen LogP contribution in [0.4, 0.5) is 5.69 Å². The van der Waals surface area contributed by atoms with Crippen molar-refractivity contribution in [2.24, 2.45) is 5.73 Å². The molecular weight excluding hydrogens is 256 g/mol. The number of pyridine rings is 1. The summed E-state index contributed by atoms with van der Waals surface area (Å²) in [5.41, 5.74) is 6.89. The van der Waals surface area contributed by atoms with Gasteiger partial charge in [0.25, 0.3) is 5.91 Å². The van der Waals surface area contributed by atoms with E-state index in [1.165, 1.54) is 0 Å². The average Bonchev–Trinajstić information content (AvgIpc) is 2.45. The summed E-state index contributed by atoms with van der Waals surface area (Å²) in [6.45, 7) is 0.206. The molecule has 0 atom stereocenters. The number of amides is 2. The highest BCUT2D eigenvalue weighted by Crippen LogP contribution is 2.22. The molecule has 2 rings (SSSR count). The highest BCUT2D eigenvalue weighted by atomic mass is 16.2. The van der Waals surface area contributed by atoms with Crippen LogP contribution < -0.4 is 16.4 Å². The van der Waals surface area contributed by atoms with E-state index in [-0.39, 0.29) is 18.9 Å². The Morgan fingerprint density at radius 1 is 1.30 bits per heavy atom. The minimum atomic E-state index is -0.451. The van der Waals surface area contributed by atoms with Crippen molar-refractivity contribution in [3.8, 4) is 0 Å². The van der Waals surface area contributed by atoms with E-state index in [4.69, 9.17) is 5.73 Å². The van der Waals surface area contributed by atoms with Crippen LogP contribution in [0, 0.1) is 0 Å². The van der Waals surface area contributed by atoms with Crippen molar-refractivity contribution in [1.82, 2.24) is 10.3 Å². The van der Waals surface area contributed by atoms with Crippen LogP contribution in [0.25, 0.3) is 10.9 Å². The highest BCUT2D eigenvalue weighted by Gasteiger charge is 2.11. The van der Waals surface area contributed by atoms with E-state index in [1.807, 2.05) is 24.3 Å². The van der Waals surface area contributed by atoms with Gasteiger partial charge in [-0.05, 0) is 12.1 Å². The first-order valence-corrected chi connectivity index (χ1v) is 6.26. The minimum Gasteiger partial charge on any atom is -0.388 e. The van der Waals surface area contributed by atoms with E-state index >= 15 is 0 Å². The lowest BCUT2D eigenvalue weighted by molar-refractivity contribution is -0.117. The molecule has 2 aromatic rings. The third-order valence-electron chi connectivity index (χ3n) is 2.88. The molecule has 1 heterocycles. The summed E-state index contributed by atoms with van der Waals surface area (Å²) in [6.07, 6.45) is 0.109. The third kappa shape index (κ3) is 3.03. The van der Waals surface area contributed by atoms with E-state index in [9.17, 15) is 9.59 Å². The fraction of sp³-hybridized carbons (Fsp3) is 0.214. The summed E-state index contributed by atoms with van der Waals surface area (Å²) < 4.78 is 0. The fourth-order valence-electron chi connectivity index (χ4n) is 1.89. The number of nitrogens with one attached hydrogen (secondary N) is 2. The highest BCUT2D eigenvalue weighted by molar-refractivity contribution is 5.99. The average molecular weight is 272 g/mol. The van der Waals surface area contributed by atoms with Crippen LogP contribution in [-0.2, 0) is 4.79 Å². The van der Waals surface area contributed by atoms with Crippen molar-refractivity contribution in [3.63, 3.8) is 0 Å². The largest absolute Gasteiger partial charge is 0.388 e. The second-order valence-electron chi connectivity index (χ2n) is 4.29. The van der Waals surface area contributed by atoms with Crippen molar-refractivity contribution < 1.29 is 9.59 Å². The molecular formula is C14H16N4O2. The Kier molecular flexibility index (Phi) is 4.14. The van der Waals surface area contributed by atoms with Crippen LogP contribution in [0.3, 0.4) is 0 Å². The molecule has 0 bridgehead atoms. The molecule has 0 saturated carbocycles. The first-order chi connectivity index (χ1) is 9.61. The summed E-state index contributed by atoms with van der Waals surface area (Å²) in [5, 5.41) is 6.61. The molecule has 2 amide bonds. The number of fused-ring (bicyclic) bond motifs is 1. The van der Waals surface area contributed by atoms with Gasteiger partial charge in [-0.1, -0.05) is 18.2 Å². The number of anilines is 1. The van der Waals surface area contributed by atoms with E-state index in [2.05, 4.69) is 15.6 Å². The Balaban J connectivity index is 2.25. The maximum atomic E-state index is 12.0. The van der Waals surface area contributed by atoms with Gasteiger partial charge in [-0.2, -0.15) is 0 Å². The summed E-state index contributed by atoms with van der Waals surface area (Å²) in [7, 11) is 1.79. The zero-order valence-corrected chi connectivity index (χ0v) is 11.1. The number of primary amides is 1. The number of aromatic nitrogens is 1. The van der Waals surface area contributed by atoms with Gasteiger partial charge < -0.3 is 16.4 Å². The predicted molar refractivity (Wildman–Crippen MR) is 77.4 cm³/mol. The summed E-state index contributed by atoms with van der Waals surface area (Å²) >= 11 is 0. The molecule has 0 radical (unpaired) electrons. The summed E-state index contributed by atoms with van der Waals surface area (Å²) in [4.78, 5) is 26.9. The smallest absolute Gasteiger partial charge is 0.269 e. The van der Waals surface area contributed by atoms with Gasteiger partial charge in [0, 0.05) is 31.1 Å². The summed E-state index contributed by atoms with van der Waals surface area (Å²) in [6, 6.07) is 9.24. The number of para-hydroxylation sites is 1. The quantitative estimate of drug-likeness (QED) is 0.752. The van der Waals surface area contributed by atoms with E-state index in [1.54, 1.807) is 13.1 Å². The number of carbonyl (C=O) groups is 2. The molecule has 20 heavy (non-hydrogen) atoms. The monoisotopic (exact) mass is 272 g/mol. The molecule has 104 valence electrons. The molecule has 6 heteroatoms. The van der Waals surface area contributed by atoms with Crippen molar-refractivity contribution in [2.75, 3.05) is 18.9 Å². The summed E-state index contributed by atoms with van der Waals surface area (Å²) in [5.74, 6) is -0.777. The van der Waals surface area contributed by atoms with Crippen molar-refractivity contribution >= 4 is 28.4 Å². The van der Waals surface area contributed by atoms with Crippen molar-refractivity contribution in [1.29, 1.82) is 0 Å². The number of nitrogens with two attached hydrogens (primary N) is 1. The van der Waals surface area contributed by atoms with Crippen LogP contribution >= 0.6 is 0 Å². The van der Waals surface area contributed by atoms with Gasteiger partial charge in [0.2, 0.25) is 5.91 Å². The van der Waals surface area contributed by atoms with Crippen LogP contribution in [0.1, 0.15) is 16.9 Å². The van der Waals surface area contributed by atoms with E-state index in [0.717, 1.165) is 16.6 Å². The van der Waals surface area contributed by atoms with Gasteiger partial charge in [-0.3, -0.25) is 9.59 Å². The number of hydrogen-bond donors (Lipinski definition) is 3. The first kappa shape index (κ1) is 13.8. The molecule has 6 nitrogen and oxygen atoms in total. The molecule has 0 spiro atoms. The maximum Gasteiger partial charge on any atom is 0.269 e. The van der Waals surface area contributed by atoms with Crippen LogP contribution in [0.2, 0.25) is 0 Å². The molecule has 4 N–H and O–H groups in total. The van der Waals surface area contributed by atoms with Gasteiger partial charge in [0.1, 0.15) is 5.69 Å². The number of hydrogen-bond acceptors (Lipinski definition) is 4. The molecule has 0 aliphatic rings. The lowest BCUT2D eigenvalue weighted by Gasteiger charge is -2.09. The molecule has 1 aromatic heterocycles. The van der Waals surface area contributed by atoms with Crippen LogP contribution in [-0.4, -0.2) is 30.4 Å². The molecule has 0 unspecified atom stereocenters. The first-order valence-electron chi connectivity index (χ1n) is 6.26. The standard InChI is InChI=1S/C14H16N4O2/c1-16-11-8-12(14(20)17-7-6-13(15)19)18-10-5-3-2-4-9(10)11/h2-5,8H,6-7H2,1H3,(H2,15,19)(H,16,18)(H,17,20). The Labute approximate surface area is 116 Å². The second-order valence-corrected chi connectivity index (χ2v) is 4.29. The van der Waals surface area contributed by atoms with E-state index < -0.39 is 5.91 Å². The third-order valence-corrected chi connectivity index (χ3v) is 2.88. The Bertz CT molecular complexity index is 655. The van der Waals surface area contributed by atoms with Gasteiger partial charge in [-0.25, -0.2) is 4.98 Å². The Hall–Kier alpha value is -2.63. The number of rotatable bonds is 5. The van der Waals surface area contributed by atoms with Gasteiger partial charge in [0.15, 0.2) is 0 Å². The van der Waals surface area contributed by atoms with Gasteiger partial charge in [0.05, 0.1) is 5.52 Å². The molecule has 0 aliphatic carbocycles. The molecule has 0 saturated heterocycles. The number of carbonyl (C=O) groups excluding carboxylic acids is 2. The maximum absolute atomic E-state index is 12.0. The number of nitrogens with zero attached hydrogens (tertiary/aromatic N) is 1.